The molecule has 0 saturated heterocycles. The molecule has 18 heavy (non-hydrogen) atoms. The zero-order valence-electron chi connectivity index (χ0n) is 9.42. The number of rotatable bonds is 2. The first-order chi connectivity index (χ1) is 8.77. The van der Waals surface area contributed by atoms with Crippen molar-refractivity contribution in [3.05, 3.63) is 65.3 Å². The van der Waals surface area contributed by atoms with Crippen molar-refractivity contribution in [1.82, 2.24) is 3.97 Å². The van der Waals surface area contributed by atoms with E-state index in [4.69, 9.17) is 0 Å². The lowest BCUT2D eigenvalue weighted by Gasteiger charge is -2.04. The molecular formula is C14H10BrNOS. The maximum Gasteiger partial charge on any atom is 0.157 e. The summed E-state index contributed by atoms with van der Waals surface area (Å²) in [5.41, 5.74) is 0.964. The van der Waals surface area contributed by atoms with Gasteiger partial charge in [0.15, 0.2) is 11.0 Å². The third-order valence-corrected chi connectivity index (χ3v) is 4.72. The summed E-state index contributed by atoms with van der Waals surface area (Å²) in [5, 5.41) is 1.07. The molecule has 0 aliphatic heterocycles. The largest absolute Gasteiger partial charge is 0.261 e. The highest BCUT2D eigenvalue weighted by Crippen LogP contribution is 2.27. The van der Waals surface area contributed by atoms with Gasteiger partial charge in [-0.1, -0.05) is 36.4 Å². The minimum atomic E-state index is -1.21. The highest BCUT2D eigenvalue weighted by atomic mass is 79.9. The van der Waals surface area contributed by atoms with Crippen LogP contribution in [0.3, 0.4) is 0 Å². The molecule has 0 amide bonds. The van der Waals surface area contributed by atoms with Crippen LogP contribution >= 0.6 is 15.9 Å². The molecule has 0 spiro atoms. The van der Waals surface area contributed by atoms with Gasteiger partial charge in [0.2, 0.25) is 0 Å². The van der Waals surface area contributed by atoms with E-state index in [9.17, 15) is 4.21 Å². The summed E-state index contributed by atoms with van der Waals surface area (Å²) in [7, 11) is -1.21. The van der Waals surface area contributed by atoms with Gasteiger partial charge in [-0.05, 0) is 34.1 Å². The summed E-state index contributed by atoms with van der Waals surface area (Å²) in [5.74, 6) is 0. The van der Waals surface area contributed by atoms with Crippen LogP contribution in [0.4, 0.5) is 0 Å². The molecule has 3 rings (SSSR count). The first kappa shape index (κ1) is 11.7. The maximum atomic E-state index is 12.5. The number of fused-ring (bicyclic) bond motifs is 1. The Bertz CT molecular complexity index is 721. The Hall–Kier alpha value is -1.39. The smallest absolute Gasteiger partial charge is 0.157 e. The van der Waals surface area contributed by atoms with Crippen molar-refractivity contribution in [2.45, 2.75) is 4.90 Å². The van der Waals surface area contributed by atoms with Gasteiger partial charge < -0.3 is 0 Å². The van der Waals surface area contributed by atoms with Crippen molar-refractivity contribution in [2.24, 2.45) is 0 Å². The standard InChI is InChI=1S/C14H10BrNOS/c15-13-10-16(14-9-5-4-8-12(13)14)18(17)11-6-2-1-3-7-11/h1-10H. The van der Waals surface area contributed by atoms with Crippen LogP contribution in [0.15, 0.2) is 70.2 Å². The first-order valence-electron chi connectivity index (χ1n) is 5.50. The van der Waals surface area contributed by atoms with E-state index in [1.54, 1.807) is 3.97 Å². The maximum absolute atomic E-state index is 12.5. The number of halogens is 1. The molecule has 90 valence electrons. The second-order valence-corrected chi connectivity index (χ2v) is 6.10. The molecule has 2 nitrogen and oxygen atoms in total. The molecule has 2 aromatic carbocycles. The van der Waals surface area contributed by atoms with Gasteiger partial charge in [-0.15, -0.1) is 0 Å². The predicted molar refractivity (Wildman–Crippen MR) is 77.9 cm³/mol. The highest BCUT2D eigenvalue weighted by Gasteiger charge is 2.11. The van der Waals surface area contributed by atoms with Crippen molar-refractivity contribution < 1.29 is 4.21 Å². The molecule has 0 saturated carbocycles. The fourth-order valence-corrected chi connectivity index (χ4v) is 3.73. The monoisotopic (exact) mass is 319 g/mol. The Morgan fingerprint density at radius 2 is 1.61 bits per heavy atom. The summed E-state index contributed by atoms with van der Waals surface area (Å²) in [6, 6.07) is 17.4. The first-order valence-corrected chi connectivity index (χ1v) is 7.40. The molecular weight excluding hydrogens is 310 g/mol. The van der Waals surface area contributed by atoms with Crippen molar-refractivity contribution in [3.63, 3.8) is 0 Å². The average molecular weight is 320 g/mol. The third kappa shape index (κ3) is 1.91. The fraction of sp³-hybridized carbons (Fsp3) is 0. The Kier molecular flexibility index (Phi) is 3.06. The van der Waals surface area contributed by atoms with Crippen molar-refractivity contribution >= 4 is 37.8 Å². The van der Waals surface area contributed by atoms with E-state index in [1.807, 2.05) is 60.8 Å². The molecule has 3 aromatic rings. The summed E-state index contributed by atoms with van der Waals surface area (Å²) >= 11 is 3.50. The summed E-state index contributed by atoms with van der Waals surface area (Å²) in [6.45, 7) is 0. The normalized spacial score (nSPS) is 12.7. The summed E-state index contributed by atoms with van der Waals surface area (Å²) in [6.07, 6.45) is 1.87. The molecule has 0 N–H and O–H groups in total. The number of aromatic nitrogens is 1. The second kappa shape index (κ2) is 4.71. The van der Waals surface area contributed by atoms with Gasteiger partial charge in [0.1, 0.15) is 0 Å². The molecule has 1 unspecified atom stereocenters. The van der Waals surface area contributed by atoms with Gasteiger partial charge in [-0.2, -0.15) is 0 Å². The molecule has 0 aliphatic rings. The van der Waals surface area contributed by atoms with E-state index in [1.165, 1.54) is 0 Å². The van der Waals surface area contributed by atoms with Crippen LogP contribution in [0.1, 0.15) is 0 Å². The minimum Gasteiger partial charge on any atom is -0.261 e. The van der Waals surface area contributed by atoms with Crippen LogP contribution in [0.25, 0.3) is 10.9 Å². The van der Waals surface area contributed by atoms with Gasteiger partial charge in [-0.25, -0.2) is 4.21 Å². The number of hydrogen-bond acceptors (Lipinski definition) is 1. The van der Waals surface area contributed by atoms with Crippen LogP contribution in [-0.2, 0) is 11.0 Å². The lowest BCUT2D eigenvalue weighted by molar-refractivity contribution is 0.678. The number of para-hydroxylation sites is 1. The number of hydrogen-bond donors (Lipinski definition) is 0. The molecule has 1 heterocycles. The Morgan fingerprint density at radius 1 is 0.944 bits per heavy atom. The molecule has 1 aromatic heterocycles. The minimum absolute atomic E-state index is 0.797. The molecule has 0 radical (unpaired) electrons. The van der Waals surface area contributed by atoms with E-state index in [-0.39, 0.29) is 0 Å². The zero-order chi connectivity index (χ0) is 12.5. The fourth-order valence-electron chi connectivity index (χ4n) is 1.90. The van der Waals surface area contributed by atoms with Gasteiger partial charge in [0.05, 0.1) is 10.4 Å². The van der Waals surface area contributed by atoms with E-state index < -0.39 is 11.0 Å². The van der Waals surface area contributed by atoms with Crippen LogP contribution in [-0.4, -0.2) is 8.18 Å². The summed E-state index contributed by atoms with van der Waals surface area (Å²) < 4.78 is 15.3. The topological polar surface area (TPSA) is 22.0 Å². The van der Waals surface area contributed by atoms with Crippen molar-refractivity contribution in [1.29, 1.82) is 0 Å². The van der Waals surface area contributed by atoms with E-state index >= 15 is 0 Å². The Labute approximate surface area is 116 Å². The van der Waals surface area contributed by atoms with Crippen molar-refractivity contribution in [3.8, 4) is 0 Å². The van der Waals surface area contributed by atoms with Crippen molar-refractivity contribution in [2.75, 3.05) is 0 Å². The molecule has 0 aliphatic carbocycles. The van der Waals surface area contributed by atoms with E-state index in [2.05, 4.69) is 15.9 Å². The lowest BCUT2D eigenvalue weighted by Crippen LogP contribution is -2.02. The van der Waals surface area contributed by atoms with Crippen LogP contribution in [0, 0.1) is 0 Å². The van der Waals surface area contributed by atoms with Gasteiger partial charge >= 0.3 is 0 Å². The average Bonchev–Trinajstić information content (AvgIpc) is 2.77. The molecule has 1 atom stereocenters. The SMILES string of the molecule is O=S(c1ccccc1)n1cc(Br)c2ccccc21. The predicted octanol–water partition coefficient (Wildman–Crippen LogP) is 3.97. The van der Waals surface area contributed by atoms with Crippen LogP contribution < -0.4 is 0 Å². The van der Waals surface area contributed by atoms with E-state index in [0.29, 0.717) is 0 Å². The van der Waals surface area contributed by atoms with Crippen LogP contribution in [0.2, 0.25) is 0 Å². The van der Waals surface area contributed by atoms with Gasteiger partial charge in [-0.3, -0.25) is 3.97 Å². The Morgan fingerprint density at radius 3 is 2.39 bits per heavy atom. The van der Waals surface area contributed by atoms with Gasteiger partial charge in [0.25, 0.3) is 0 Å². The highest BCUT2D eigenvalue weighted by molar-refractivity contribution is 9.10. The molecule has 0 bridgehead atoms. The quantitative estimate of drug-likeness (QED) is 0.700. The molecule has 0 fully saturated rings. The van der Waals surface area contributed by atoms with Gasteiger partial charge in [0, 0.05) is 16.1 Å². The Balaban J connectivity index is 2.19. The lowest BCUT2D eigenvalue weighted by atomic mass is 10.3. The summed E-state index contributed by atoms with van der Waals surface area (Å²) in [4.78, 5) is 0.797. The third-order valence-electron chi connectivity index (χ3n) is 2.75. The number of benzene rings is 2. The second-order valence-electron chi connectivity index (χ2n) is 3.88. The number of nitrogens with zero attached hydrogens (tertiary/aromatic N) is 1. The van der Waals surface area contributed by atoms with E-state index in [0.717, 1.165) is 20.3 Å². The zero-order valence-corrected chi connectivity index (χ0v) is 11.8. The van der Waals surface area contributed by atoms with Crippen LogP contribution in [0.5, 0.6) is 0 Å². The molecule has 4 heteroatoms.